The molecule has 2 rings (SSSR count). The molecule has 1 aromatic carbocycles. The zero-order chi connectivity index (χ0) is 14.8. The molecule has 1 atom stereocenters. The molecule has 20 heavy (non-hydrogen) atoms. The third-order valence-electron chi connectivity index (χ3n) is 3.12. The third kappa shape index (κ3) is 3.27. The standard InChI is InChI=1S/C12H16N2O5S/c13-20(17,18)11-4-2-1-3-10(11)14-5-6-19-8-9(14)7-12(15)16/h1-4,9H,5-8H2,(H,15,16)(H2,13,17,18). The zero-order valence-corrected chi connectivity index (χ0v) is 11.5. The van der Waals surface area contributed by atoms with Crippen molar-refractivity contribution in [2.75, 3.05) is 24.7 Å². The van der Waals surface area contributed by atoms with Crippen LogP contribution in [0.25, 0.3) is 0 Å². The minimum atomic E-state index is -3.86. The lowest BCUT2D eigenvalue weighted by Crippen LogP contribution is -2.47. The maximum absolute atomic E-state index is 11.6. The fourth-order valence-corrected chi connectivity index (χ4v) is 3.02. The average Bonchev–Trinajstić information content (AvgIpc) is 2.38. The van der Waals surface area contributed by atoms with E-state index in [0.29, 0.717) is 18.8 Å². The van der Waals surface area contributed by atoms with E-state index in [1.54, 1.807) is 23.1 Å². The Morgan fingerprint density at radius 2 is 2.15 bits per heavy atom. The number of nitrogens with two attached hydrogens (primary N) is 1. The van der Waals surface area contributed by atoms with Gasteiger partial charge in [0.2, 0.25) is 10.0 Å². The molecule has 1 heterocycles. The van der Waals surface area contributed by atoms with Crippen molar-refractivity contribution in [3.8, 4) is 0 Å². The first-order valence-corrected chi connectivity index (χ1v) is 7.62. The Morgan fingerprint density at radius 3 is 2.80 bits per heavy atom. The van der Waals surface area contributed by atoms with Gasteiger partial charge >= 0.3 is 5.97 Å². The van der Waals surface area contributed by atoms with Crippen LogP contribution in [0.15, 0.2) is 29.2 Å². The number of nitrogens with zero attached hydrogens (tertiary/aromatic N) is 1. The summed E-state index contributed by atoms with van der Waals surface area (Å²) < 4.78 is 28.5. The van der Waals surface area contributed by atoms with Crippen molar-refractivity contribution in [1.82, 2.24) is 0 Å². The molecule has 0 aromatic heterocycles. The minimum Gasteiger partial charge on any atom is -0.481 e. The van der Waals surface area contributed by atoms with Gasteiger partial charge in [-0.15, -0.1) is 0 Å². The van der Waals surface area contributed by atoms with Gasteiger partial charge in [-0.2, -0.15) is 0 Å². The Morgan fingerprint density at radius 1 is 1.45 bits per heavy atom. The van der Waals surface area contributed by atoms with E-state index in [4.69, 9.17) is 15.0 Å². The molecule has 0 amide bonds. The highest BCUT2D eigenvalue weighted by Gasteiger charge is 2.28. The van der Waals surface area contributed by atoms with Gasteiger partial charge in [-0.3, -0.25) is 4.79 Å². The second-order valence-electron chi connectivity index (χ2n) is 4.53. The molecule has 1 aromatic rings. The Labute approximate surface area is 117 Å². The molecule has 1 unspecified atom stereocenters. The van der Waals surface area contributed by atoms with Crippen molar-refractivity contribution in [3.05, 3.63) is 24.3 Å². The maximum atomic E-state index is 11.6. The summed E-state index contributed by atoms with van der Waals surface area (Å²) in [4.78, 5) is 12.6. The predicted octanol–water partition coefficient (Wildman–Crippen LogP) is 0.0139. The molecule has 7 nitrogen and oxygen atoms in total. The number of ether oxygens (including phenoxy) is 1. The van der Waals surface area contributed by atoms with Crippen LogP contribution in [0, 0.1) is 0 Å². The number of carbonyl (C=O) groups is 1. The molecule has 1 aliphatic heterocycles. The van der Waals surface area contributed by atoms with Crippen LogP contribution in [-0.2, 0) is 19.6 Å². The van der Waals surface area contributed by atoms with E-state index in [1.807, 2.05) is 0 Å². The van der Waals surface area contributed by atoms with Gasteiger partial charge in [0.15, 0.2) is 0 Å². The van der Waals surface area contributed by atoms with Gasteiger partial charge in [-0.25, -0.2) is 13.6 Å². The first-order chi connectivity index (χ1) is 9.39. The lowest BCUT2D eigenvalue weighted by Gasteiger charge is -2.37. The second kappa shape index (κ2) is 5.78. The number of morpholine rings is 1. The van der Waals surface area contributed by atoms with Gasteiger partial charge in [0.25, 0.3) is 0 Å². The van der Waals surface area contributed by atoms with E-state index >= 15 is 0 Å². The van der Waals surface area contributed by atoms with Crippen LogP contribution in [-0.4, -0.2) is 45.3 Å². The molecule has 1 aliphatic rings. The van der Waals surface area contributed by atoms with Crippen molar-refractivity contribution in [2.45, 2.75) is 17.4 Å². The highest BCUT2D eigenvalue weighted by atomic mass is 32.2. The number of sulfonamides is 1. The number of carboxylic acid groups (broad SMARTS) is 1. The van der Waals surface area contributed by atoms with Crippen molar-refractivity contribution >= 4 is 21.7 Å². The first-order valence-electron chi connectivity index (χ1n) is 6.07. The van der Waals surface area contributed by atoms with Crippen LogP contribution in [0.4, 0.5) is 5.69 Å². The number of hydrogen-bond donors (Lipinski definition) is 2. The van der Waals surface area contributed by atoms with E-state index < -0.39 is 22.0 Å². The molecule has 8 heteroatoms. The Bertz CT molecular complexity index is 602. The second-order valence-corrected chi connectivity index (χ2v) is 6.06. The first kappa shape index (κ1) is 14.8. The van der Waals surface area contributed by atoms with Gasteiger partial charge in [-0.1, -0.05) is 12.1 Å². The van der Waals surface area contributed by atoms with Crippen LogP contribution >= 0.6 is 0 Å². The number of hydrogen-bond acceptors (Lipinski definition) is 5. The van der Waals surface area contributed by atoms with Gasteiger partial charge in [0, 0.05) is 6.54 Å². The summed E-state index contributed by atoms with van der Waals surface area (Å²) in [5.74, 6) is -0.960. The molecular formula is C12H16N2O5S. The molecule has 1 fully saturated rings. The van der Waals surface area contributed by atoms with Gasteiger partial charge in [0.1, 0.15) is 4.90 Å². The minimum absolute atomic E-state index is 0.00251. The molecule has 110 valence electrons. The maximum Gasteiger partial charge on any atom is 0.305 e. The third-order valence-corrected chi connectivity index (χ3v) is 4.08. The summed E-state index contributed by atoms with van der Waals surface area (Å²) in [6.07, 6.45) is -0.126. The van der Waals surface area contributed by atoms with Crippen molar-refractivity contribution in [1.29, 1.82) is 0 Å². The van der Waals surface area contributed by atoms with E-state index in [2.05, 4.69) is 0 Å². The number of anilines is 1. The van der Waals surface area contributed by atoms with E-state index in [1.165, 1.54) is 6.07 Å². The van der Waals surface area contributed by atoms with Crippen LogP contribution < -0.4 is 10.0 Å². The molecule has 0 saturated carbocycles. The molecular weight excluding hydrogens is 284 g/mol. The number of primary sulfonamides is 1. The monoisotopic (exact) mass is 300 g/mol. The molecule has 0 spiro atoms. The molecule has 1 saturated heterocycles. The summed E-state index contributed by atoms with van der Waals surface area (Å²) in [6, 6.07) is 5.90. The summed E-state index contributed by atoms with van der Waals surface area (Å²) in [5.41, 5.74) is 0.421. The van der Waals surface area contributed by atoms with Crippen LogP contribution in [0.2, 0.25) is 0 Å². The smallest absolute Gasteiger partial charge is 0.305 e. The van der Waals surface area contributed by atoms with Gasteiger partial charge < -0.3 is 14.7 Å². The molecule has 0 aliphatic carbocycles. The quantitative estimate of drug-likeness (QED) is 0.810. The summed E-state index contributed by atoms with van der Waals surface area (Å²) in [5, 5.41) is 14.1. The number of carboxylic acids is 1. The van der Waals surface area contributed by atoms with Crippen molar-refractivity contribution in [2.24, 2.45) is 5.14 Å². The van der Waals surface area contributed by atoms with Crippen molar-refractivity contribution < 1.29 is 23.1 Å². The van der Waals surface area contributed by atoms with E-state index in [9.17, 15) is 13.2 Å². The molecule has 0 radical (unpaired) electrons. The van der Waals surface area contributed by atoms with Crippen LogP contribution in [0.1, 0.15) is 6.42 Å². The highest BCUT2D eigenvalue weighted by molar-refractivity contribution is 7.89. The fraction of sp³-hybridized carbons (Fsp3) is 0.417. The lowest BCUT2D eigenvalue weighted by molar-refractivity contribution is -0.138. The topological polar surface area (TPSA) is 110 Å². The normalized spacial score (nSPS) is 19.9. The SMILES string of the molecule is NS(=O)(=O)c1ccccc1N1CCOCC1CC(=O)O. The summed E-state index contributed by atoms with van der Waals surface area (Å²) in [6.45, 7) is 1.07. The van der Waals surface area contributed by atoms with Crippen LogP contribution in [0.5, 0.6) is 0 Å². The molecule has 0 bridgehead atoms. The predicted molar refractivity (Wildman–Crippen MR) is 72.0 cm³/mol. The zero-order valence-electron chi connectivity index (χ0n) is 10.7. The highest BCUT2D eigenvalue weighted by Crippen LogP contribution is 2.28. The summed E-state index contributed by atoms with van der Waals surface area (Å²) in [7, 11) is -3.86. The number of rotatable bonds is 4. The van der Waals surface area contributed by atoms with E-state index in [0.717, 1.165) is 0 Å². The average molecular weight is 300 g/mol. The van der Waals surface area contributed by atoms with Crippen LogP contribution in [0.3, 0.4) is 0 Å². The van der Waals surface area contributed by atoms with Gasteiger partial charge in [-0.05, 0) is 12.1 Å². The van der Waals surface area contributed by atoms with E-state index in [-0.39, 0.29) is 17.9 Å². The Balaban J connectivity index is 2.40. The number of benzene rings is 1. The number of para-hydroxylation sites is 1. The lowest BCUT2D eigenvalue weighted by atomic mass is 10.1. The van der Waals surface area contributed by atoms with Gasteiger partial charge in [0.05, 0.1) is 31.4 Å². The Kier molecular flexibility index (Phi) is 4.26. The number of aliphatic carboxylic acids is 1. The fourth-order valence-electron chi connectivity index (χ4n) is 2.28. The Hall–Kier alpha value is -1.64. The molecule has 3 N–H and O–H groups in total. The summed E-state index contributed by atoms with van der Waals surface area (Å²) >= 11 is 0. The van der Waals surface area contributed by atoms with Crippen molar-refractivity contribution in [3.63, 3.8) is 0 Å². The largest absolute Gasteiger partial charge is 0.481 e.